The highest BCUT2D eigenvalue weighted by atomic mass is 35.5. The Morgan fingerprint density at radius 2 is 1.97 bits per heavy atom. The van der Waals surface area contributed by atoms with Gasteiger partial charge in [0.2, 0.25) is 17.6 Å². The minimum Gasteiger partial charge on any atom is -0.350 e. The van der Waals surface area contributed by atoms with Crippen molar-refractivity contribution in [2.24, 2.45) is 5.92 Å². The summed E-state index contributed by atoms with van der Waals surface area (Å²) in [5.41, 5.74) is 1.62. The molecule has 1 aliphatic rings. The second-order valence-electron chi connectivity index (χ2n) is 7.08. The SMILES string of the molecule is O=C(NCc1ccccn1)C1CCN(Cc2nc(-c3ccccc3Cl)no2)CC1. The predicted molar refractivity (Wildman–Crippen MR) is 109 cm³/mol. The average Bonchev–Trinajstić information content (AvgIpc) is 3.22. The van der Waals surface area contributed by atoms with E-state index in [0.29, 0.717) is 29.8 Å². The normalized spacial score (nSPS) is 15.3. The molecule has 150 valence electrons. The molecule has 1 aromatic carbocycles. The van der Waals surface area contributed by atoms with E-state index in [1.54, 1.807) is 12.3 Å². The Morgan fingerprint density at radius 1 is 1.17 bits per heavy atom. The van der Waals surface area contributed by atoms with E-state index in [4.69, 9.17) is 16.1 Å². The van der Waals surface area contributed by atoms with Gasteiger partial charge in [0.25, 0.3) is 0 Å². The first-order valence-electron chi connectivity index (χ1n) is 9.66. The van der Waals surface area contributed by atoms with Gasteiger partial charge >= 0.3 is 0 Å². The Labute approximate surface area is 174 Å². The maximum atomic E-state index is 12.4. The van der Waals surface area contributed by atoms with Crippen LogP contribution in [0.2, 0.25) is 5.02 Å². The highest BCUT2D eigenvalue weighted by Crippen LogP contribution is 2.25. The molecule has 0 bridgehead atoms. The van der Waals surface area contributed by atoms with Crippen LogP contribution in [0.1, 0.15) is 24.4 Å². The number of pyridine rings is 1. The van der Waals surface area contributed by atoms with Crippen LogP contribution in [0.4, 0.5) is 0 Å². The largest absolute Gasteiger partial charge is 0.350 e. The van der Waals surface area contributed by atoms with Crippen molar-refractivity contribution in [3.05, 3.63) is 65.3 Å². The molecule has 3 aromatic rings. The van der Waals surface area contributed by atoms with Gasteiger partial charge in [-0.3, -0.25) is 14.7 Å². The van der Waals surface area contributed by atoms with Crippen molar-refractivity contribution in [1.82, 2.24) is 25.3 Å². The van der Waals surface area contributed by atoms with Crippen LogP contribution in [0, 0.1) is 5.92 Å². The zero-order valence-corrected chi connectivity index (χ0v) is 16.7. The summed E-state index contributed by atoms with van der Waals surface area (Å²) in [7, 11) is 0. The van der Waals surface area contributed by atoms with Gasteiger partial charge in [0.1, 0.15) is 0 Å². The number of hydrogen-bond donors (Lipinski definition) is 1. The summed E-state index contributed by atoms with van der Waals surface area (Å²) in [6, 6.07) is 13.1. The lowest BCUT2D eigenvalue weighted by Crippen LogP contribution is -2.40. The second-order valence-corrected chi connectivity index (χ2v) is 7.49. The van der Waals surface area contributed by atoms with E-state index in [0.717, 1.165) is 37.2 Å². The molecule has 0 atom stereocenters. The topological polar surface area (TPSA) is 84.2 Å². The fraction of sp³-hybridized carbons (Fsp3) is 0.333. The monoisotopic (exact) mass is 411 g/mol. The van der Waals surface area contributed by atoms with Crippen molar-refractivity contribution in [2.45, 2.75) is 25.9 Å². The summed E-state index contributed by atoms with van der Waals surface area (Å²) in [5.74, 6) is 1.16. The number of carbonyl (C=O) groups is 1. The number of carbonyl (C=O) groups excluding carboxylic acids is 1. The number of likely N-dealkylation sites (tertiary alicyclic amines) is 1. The van der Waals surface area contributed by atoms with Crippen molar-refractivity contribution in [3.8, 4) is 11.4 Å². The molecule has 3 heterocycles. The van der Waals surface area contributed by atoms with Gasteiger partial charge in [0, 0.05) is 17.7 Å². The molecular weight excluding hydrogens is 390 g/mol. The lowest BCUT2D eigenvalue weighted by atomic mass is 9.96. The summed E-state index contributed by atoms with van der Waals surface area (Å²) in [5, 5.41) is 7.62. The van der Waals surface area contributed by atoms with E-state index < -0.39 is 0 Å². The van der Waals surface area contributed by atoms with Crippen molar-refractivity contribution >= 4 is 17.5 Å². The summed E-state index contributed by atoms with van der Waals surface area (Å²) in [6.07, 6.45) is 3.34. The molecule has 1 aliphatic heterocycles. The Balaban J connectivity index is 1.26. The van der Waals surface area contributed by atoms with E-state index in [9.17, 15) is 4.79 Å². The molecule has 1 fully saturated rings. The summed E-state index contributed by atoms with van der Waals surface area (Å²) in [6.45, 7) is 2.66. The maximum absolute atomic E-state index is 12.4. The van der Waals surface area contributed by atoms with Crippen LogP contribution < -0.4 is 5.32 Å². The minimum atomic E-state index is 0.0244. The molecule has 0 saturated carbocycles. The van der Waals surface area contributed by atoms with E-state index in [1.807, 2.05) is 36.4 Å². The van der Waals surface area contributed by atoms with Gasteiger partial charge in [-0.15, -0.1) is 0 Å². The number of nitrogens with zero attached hydrogens (tertiary/aromatic N) is 4. The van der Waals surface area contributed by atoms with Crippen molar-refractivity contribution < 1.29 is 9.32 Å². The van der Waals surface area contributed by atoms with Crippen LogP contribution in [0.3, 0.4) is 0 Å². The Hall–Kier alpha value is -2.77. The minimum absolute atomic E-state index is 0.0244. The number of halogens is 1. The fourth-order valence-corrected chi connectivity index (χ4v) is 3.66. The zero-order valence-electron chi connectivity index (χ0n) is 15.9. The molecule has 2 aromatic heterocycles. The summed E-state index contributed by atoms with van der Waals surface area (Å²) < 4.78 is 5.39. The molecule has 7 nitrogen and oxygen atoms in total. The Kier molecular flexibility index (Phi) is 6.17. The number of aromatic nitrogens is 3. The van der Waals surface area contributed by atoms with E-state index in [1.165, 1.54) is 0 Å². The number of benzene rings is 1. The number of hydrogen-bond acceptors (Lipinski definition) is 6. The predicted octanol–water partition coefficient (Wildman–Crippen LogP) is 3.31. The van der Waals surface area contributed by atoms with Crippen LogP contribution in [-0.2, 0) is 17.9 Å². The van der Waals surface area contributed by atoms with Gasteiger partial charge in [-0.25, -0.2) is 0 Å². The Bertz CT molecular complexity index is 954. The van der Waals surface area contributed by atoms with Crippen molar-refractivity contribution in [3.63, 3.8) is 0 Å². The highest BCUT2D eigenvalue weighted by Gasteiger charge is 2.26. The summed E-state index contributed by atoms with van der Waals surface area (Å²) >= 11 is 6.20. The third-order valence-corrected chi connectivity index (χ3v) is 5.40. The molecule has 0 spiro atoms. The maximum Gasteiger partial charge on any atom is 0.241 e. The third kappa shape index (κ3) is 4.99. The quantitative estimate of drug-likeness (QED) is 0.669. The smallest absolute Gasteiger partial charge is 0.241 e. The molecule has 1 amide bonds. The molecular formula is C21H22ClN5O2. The van der Waals surface area contributed by atoms with Crippen LogP contribution in [0.15, 0.2) is 53.2 Å². The lowest BCUT2D eigenvalue weighted by molar-refractivity contribution is -0.126. The van der Waals surface area contributed by atoms with Gasteiger partial charge in [-0.05, 0) is 50.2 Å². The van der Waals surface area contributed by atoms with Crippen LogP contribution in [-0.4, -0.2) is 39.0 Å². The molecule has 0 radical (unpaired) electrons. The first-order valence-corrected chi connectivity index (χ1v) is 10.0. The van der Waals surface area contributed by atoms with E-state index in [2.05, 4.69) is 25.3 Å². The van der Waals surface area contributed by atoms with Crippen LogP contribution in [0.5, 0.6) is 0 Å². The first-order chi connectivity index (χ1) is 14.2. The number of nitrogens with one attached hydrogen (secondary N) is 1. The molecule has 0 unspecified atom stereocenters. The van der Waals surface area contributed by atoms with Crippen LogP contribution >= 0.6 is 11.6 Å². The van der Waals surface area contributed by atoms with Gasteiger partial charge in [0.05, 0.1) is 23.8 Å². The molecule has 1 saturated heterocycles. The fourth-order valence-electron chi connectivity index (χ4n) is 3.44. The zero-order chi connectivity index (χ0) is 20.1. The summed E-state index contributed by atoms with van der Waals surface area (Å²) in [4.78, 5) is 23.3. The number of rotatable bonds is 6. The van der Waals surface area contributed by atoms with Crippen LogP contribution in [0.25, 0.3) is 11.4 Å². The Morgan fingerprint density at radius 3 is 2.72 bits per heavy atom. The molecule has 29 heavy (non-hydrogen) atoms. The second kappa shape index (κ2) is 9.15. The van der Waals surface area contributed by atoms with Gasteiger partial charge in [-0.1, -0.05) is 35.0 Å². The van der Waals surface area contributed by atoms with E-state index in [-0.39, 0.29) is 11.8 Å². The van der Waals surface area contributed by atoms with E-state index >= 15 is 0 Å². The standard InChI is InChI=1S/C21H22ClN5O2/c22-18-7-2-1-6-17(18)20-25-19(29-26-20)14-27-11-8-15(9-12-27)21(28)24-13-16-5-3-4-10-23-16/h1-7,10,15H,8-9,11-14H2,(H,24,28). The van der Waals surface area contributed by atoms with Gasteiger partial charge in [0.15, 0.2) is 0 Å². The molecule has 4 rings (SSSR count). The average molecular weight is 412 g/mol. The number of amides is 1. The molecule has 0 aliphatic carbocycles. The third-order valence-electron chi connectivity index (χ3n) is 5.07. The highest BCUT2D eigenvalue weighted by molar-refractivity contribution is 6.33. The molecule has 8 heteroatoms. The van der Waals surface area contributed by atoms with Crippen molar-refractivity contribution in [2.75, 3.05) is 13.1 Å². The lowest BCUT2D eigenvalue weighted by Gasteiger charge is -2.30. The molecule has 1 N–H and O–H groups in total. The van der Waals surface area contributed by atoms with Crippen molar-refractivity contribution in [1.29, 1.82) is 0 Å². The first kappa shape index (κ1) is 19.5. The van der Waals surface area contributed by atoms with Gasteiger partial charge in [-0.2, -0.15) is 4.98 Å². The number of piperidine rings is 1. The van der Waals surface area contributed by atoms with Gasteiger partial charge < -0.3 is 9.84 Å².